The van der Waals surface area contributed by atoms with Crippen molar-refractivity contribution in [3.63, 3.8) is 0 Å². The molecule has 1 aromatic carbocycles. The summed E-state index contributed by atoms with van der Waals surface area (Å²) in [5.41, 5.74) is -0.0712. The molecule has 1 fully saturated rings. The van der Waals surface area contributed by atoms with Gasteiger partial charge in [0.05, 0.1) is 12.1 Å². The number of hydrogen-bond donors (Lipinski definition) is 0. The first-order chi connectivity index (χ1) is 14.5. The molecular weight excluding hydrogens is 425 g/mol. The summed E-state index contributed by atoms with van der Waals surface area (Å²) in [6.45, 7) is 16.4. The molecule has 1 aromatic rings. The Morgan fingerprint density at radius 1 is 1.03 bits per heavy atom. The van der Waals surface area contributed by atoms with E-state index >= 15 is 0 Å². The minimum absolute atomic E-state index is 0.00402. The van der Waals surface area contributed by atoms with Crippen molar-refractivity contribution in [1.82, 2.24) is 4.90 Å². The number of Topliss-reactive ketones (excluding diaryl/α,β-unsaturated/α-hetero) is 1. The normalized spacial score (nSPS) is 22.4. The Labute approximate surface area is 193 Å². The molecule has 2 rings (SSSR count). The van der Waals surface area contributed by atoms with Crippen molar-refractivity contribution in [1.29, 1.82) is 0 Å². The number of ketones is 1. The Morgan fingerprint density at radius 3 is 2.09 bits per heavy atom. The molecule has 1 aliphatic rings. The average molecular weight is 466 g/mol. The second-order valence-electron chi connectivity index (χ2n) is 11.5. The number of nitrogens with zero attached hydrogens (tertiary/aromatic N) is 1. The van der Waals surface area contributed by atoms with Crippen LogP contribution in [0.1, 0.15) is 71.2 Å². The molecule has 1 aliphatic carbocycles. The Morgan fingerprint density at radius 2 is 1.59 bits per heavy atom. The zero-order chi connectivity index (χ0) is 24.5. The number of benzene rings is 1. The first-order valence-electron chi connectivity index (χ1n) is 11.5. The van der Waals surface area contributed by atoms with Gasteiger partial charge in [-0.25, -0.2) is 9.18 Å². The summed E-state index contributed by atoms with van der Waals surface area (Å²) < 4.78 is 25.7. The third-order valence-electron chi connectivity index (χ3n) is 6.69. The summed E-state index contributed by atoms with van der Waals surface area (Å²) in [6.07, 6.45) is 1.17. The van der Waals surface area contributed by atoms with Crippen LogP contribution >= 0.6 is 0 Å². The van der Waals surface area contributed by atoms with Crippen LogP contribution in [0.15, 0.2) is 24.3 Å². The third-order valence-corrected chi connectivity index (χ3v) is 11.2. The van der Waals surface area contributed by atoms with Crippen molar-refractivity contribution >= 4 is 20.2 Å². The highest BCUT2D eigenvalue weighted by Gasteiger charge is 2.45. The molecule has 180 valence electrons. The number of likely N-dealkylation sites (N-methyl/N-ethyl adjacent to an activating group) is 1. The Balaban J connectivity index is 2.27. The van der Waals surface area contributed by atoms with Gasteiger partial charge in [0, 0.05) is 18.5 Å². The van der Waals surface area contributed by atoms with E-state index in [1.807, 2.05) is 20.8 Å². The van der Waals surface area contributed by atoms with Gasteiger partial charge in [0.25, 0.3) is 0 Å². The molecular formula is C25H40FNO4Si. The number of rotatable bonds is 5. The fourth-order valence-electron chi connectivity index (χ4n) is 3.80. The van der Waals surface area contributed by atoms with Gasteiger partial charge in [-0.3, -0.25) is 4.79 Å². The van der Waals surface area contributed by atoms with Gasteiger partial charge in [0.15, 0.2) is 14.1 Å². The third kappa shape index (κ3) is 6.64. The lowest BCUT2D eigenvalue weighted by molar-refractivity contribution is -0.0109. The maximum atomic E-state index is 13.3. The van der Waals surface area contributed by atoms with E-state index in [9.17, 15) is 14.0 Å². The van der Waals surface area contributed by atoms with E-state index in [1.165, 1.54) is 12.1 Å². The summed E-state index contributed by atoms with van der Waals surface area (Å²) >= 11 is 0. The van der Waals surface area contributed by atoms with Crippen molar-refractivity contribution in [2.75, 3.05) is 7.05 Å². The van der Waals surface area contributed by atoms with E-state index in [2.05, 4.69) is 33.9 Å². The van der Waals surface area contributed by atoms with E-state index in [0.717, 1.165) is 0 Å². The van der Waals surface area contributed by atoms with E-state index in [-0.39, 0.29) is 40.8 Å². The lowest BCUT2D eigenvalue weighted by Crippen LogP contribution is -2.55. The van der Waals surface area contributed by atoms with Crippen molar-refractivity contribution in [3.05, 3.63) is 35.6 Å². The molecule has 0 N–H and O–H groups in total. The molecule has 0 heterocycles. The van der Waals surface area contributed by atoms with Gasteiger partial charge in [-0.2, -0.15) is 0 Å². The van der Waals surface area contributed by atoms with Gasteiger partial charge in [-0.15, -0.1) is 0 Å². The molecule has 0 bridgehead atoms. The van der Waals surface area contributed by atoms with Gasteiger partial charge in [0.2, 0.25) is 0 Å². The van der Waals surface area contributed by atoms with Crippen molar-refractivity contribution < 1.29 is 23.1 Å². The molecule has 7 heteroatoms. The van der Waals surface area contributed by atoms with Crippen LogP contribution in [0.25, 0.3) is 0 Å². The van der Waals surface area contributed by atoms with Crippen LogP contribution in [-0.4, -0.2) is 49.9 Å². The number of hydrogen-bond acceptors (Lipinski definition) is 4. The summed E-state index contributed by atoms with van der Waals surface area (Å²) in [5, 5.41) is -0.00402. The molecule has 1 amide bonds. The van der Waals surface area contributed by atoms with Crippen LogP contribution in [0, 0.1) is 11.7 Å². The molecule has 0 spiro atoms. The number of halogens is 1. The number of carbonyl (C=O) groups is 2. The second kappa shape index (κ2) is 9.63. The monoisotopic (exact) mass is 465 g/mol. The molecule has 0 aliphatic heterocycles. The zero-order valence-corrected chi connectivity index (χ0v) is 22.1. The largest absolute Gasteiger partial charge is 0.444 e. The summed E-state index contributed by atoms with van der Waals surface area (Å²) in [7, 11) is -0.400. The number of ether oxygens (including phenoxy) is 1. The minimum Gasteiger partial charge on any atom is -0.444 e. The van der Waals surface area contributed by atoms with Crippen molar-refractivity contribution in [2.45, 2.75) is 96.7 Å². The Kier molecular flexibility index (Phi) is 7.98. The second-order valence-corrected chi connectivity index (χ2v) is 16.2. The maximum Gasteiger partial charge on any atom is 0.410 e. The molecule has 5 nitrogen and oxygen atoms in total. The van der Waals surface area contributed by atoms with E-state index in [0.29, 0.717) is 24.8 Å². The SMILES string of the molecule is CN(C(=O)OC(C)(C)C)[C@@H]1CC[C@@H](C(=O)c2ccc(F)cc2)C[C@@H]1O[Si](C)(C)C(C)(C)C. The van der Waals surface area contributed by atoms with Gasteiger partial charge in [-0.05, 0) is 82.4 Å². The molecule has 0 unspecified atom stereocenters. The Bertz CT molecular complexity index is 811. The van der Waals surface area contributed by atoms with Crippen LogP contribution in [0.2, 0.25) is 18.1 Å². The highest BCUT2D eigenvalue weighted by molar-refractivity contribution is 6.74. The molecule has 0 saturated heterocycles. The summed E-state index contributed by atoms with van der Waals surface area (Å²) in [4.78, 5) is 27.6. The van der Waals surface area contributed by atoms with Gasteiger partial charge in [0.1, 0.15) is 11.4 Å². The number of amides is 1. The smallest absolute Gasteiger partial charge is 0.410 e. The van der Waals surface area contributed by atoms with Gasteiger partial charge in [-0.1, -0.05) is 20.8 Å². The zero-order valence-electron chi connectivity index (χ0n) is 21.1. The lowest BCUT2D eigenvalue weighted by Gasteiger charge is -2.46. The first-order valence-corrected chi connectivity index (χ1v) is 14.4. The van der Waals surface area contributed by atoms with E-state index < -0.39 is 13.9 Å². The number of carbonyl (C=O) groups excluding carboxylic acids is 2. The predicted octanol–water partition coefficient (Wildman–Crippen LogP) is 6.43. The van der Waals surface area contributed by atoms with Crippen LogP contribution in [0.5, 0.6) is 0 Å². The van der Waals surface area contributed by atoms with E-state index in [1.54, 1.807) is 24.1 Å². The van der Waals surface area contributed by atoms with Crippen LogP contribution < -0.4 is 0 Å². The molecule has 0 radical (unpaired) electrons. The van der Waals surface area contributed by atoms with E-state index in [4.69, 9.17) is 9.16 Å². The fourth-order valence-corrected chi connectivity index (χ4v) is 5.16. The van der Waals surface area contributed by atoms with Crippen LogP contribution in [-0.2, 0) is 9.16 Å². The Hall–Kier alpha value is -1.73. The van der Waals surface area contributed by atoms with Crippen LogP contribution in [0.4, 0.5) is 9.18 Å². The molecule has 0 aromatic heterocycles. The summed E-state index contributed by atoms with van der Waals surface area (Å²) in [5.74, 6) is -0.575. The van der Waals surface area contributed by atoms with Gasteiger partial charge >= 0.3 is 6.09 Å². The maximum absolute atomic E-state index is 13.3. The predicted molar refractivity (Wildman–Crippen MR) is 128 cm³/mol. The average Bonchev–Trinajstić information content (AvgIpc) is 2.65. The topological polar surface area (TPSA) is 55.8 Å². The van der Waals surface area contributed by atoms with Gasteiger partial charge < -0.3 is 14.1 Å². The standard InChI is InChI=1S/C25H40FNO4Si/c1-24(2,3)30-23(29)27(7)20-15-12-18(22(28)17-10-13-19(26)14-11-17)16-21(20)31-32(8,9)25(4,5)6/h10-11,13-14,18,20-21H,12,15-16H2,1-9H3/t18-,20-,21+/m1/s1. The van der Waals surface area contributed by atoms with Crippen molar-refractivity contribution in [2.24, 2.45) is 5.92 Å². The molecule has 3 atom stereocenters. The fraction of sp³-hybridized carbons (Fsp3) is 0.680. The van der Waals surface area contributed by atoms with Crippen LogP contribution in [0.3, 0.4) is 0 Å². The lowest BCUT2D eigenvalue weighted by atomic mass is 9.79. The molecule has 1 saturated carbocycles. The highest BCUT2D eigenvalue weighted by Crippen LogP contribution is 2.41. The first kappa shape index (κ1) is 26.5. The minimum atomic E-state index is -2.15. The quantitative estimate of drug-likeness (QED) is 0.371. The van der Waals surface area contributed by atoms with Crippen molar-refractivity contribution in [3.8, 4) is 0 Å². The highest BCUT2D eigenvalue weighted by atomic mass is 28.4. The molecule has 32 heavy (non-hydrogen) atoms. The summed E-state index contributed by atoms with van der Waals surface area (Å²) in [6, 6.07) is 5.55.